The predicted octanol–water partition coefficient (Wildman–Crippen LogP) is 6.02. The van der Waals surface area contributed by atoms with Crippen LogP contribution in [-0.2, 0) is 9.63 Å². The van der Waals surface area contributed by atoms with Gasteiger partial charge in [0.1, 0.15) is 0 Å². The summed E-state index contributed by atoms with van der Waals surface area (Å²) in [5.74, 6) is -0.604. The lowest BCUT2D eigenvalue weighted by molar-refractivity contribution is -0.130. The summed E-state index contributed by atoms with van der Waals surface area (Å²) in [6, 6.07) is 14.5. The molecule has 0 spiro atoms. The van der Waals surface area contributed by atoms with Gasteiger partial charge in [0.15, 0.2) is 0 Å². The molecule has 6 heteroatoms. The zero-order chi connectivity index (χ0) is 22.4. The summed E-state index contributed by atoms with van der Waals surface area (Å²) >= 11 is 6.10. The van der Waals surface area contributed by atoms with E-state index in [1.807, 2.05) is 31.2 Å². The standard InChI is InChI=1S/C25H27ClN2O3/c1-16-9-11-17(12-10-16)27-22(30)25-14-13-24(4,23(25,2)3)20(15-25)28-31-21(29)18-7-5-6-8-19(18)26/h5-12H,13-15H2,1-4H3,(H,27,30). The molecule has 2 saturated carbocycles. The van der Waals surface area contributed by atoms with E-state index in [-0.39, 0.29) is 22.3 Å². The Kier molecular flexibility index (Phi) is 5.21. The Morgan fingerprint density at radius 3 is 2.39 bits per heavy atom. The number of hydrogen-bond acceptors (Lipinski definition) is 4. The molecule has 31 heavy (non-hydrogen) atoms. The van der Waals surface area contributed by atoms with Crippen LogP contribution in [0.4, 0.5) is 5.69 Å². The first-order valence-corrected chi connectivity index (χ1v) is 10.9. The normalized spacial score (nSPS) is 27.3. The van der Waals surface area contributed by atoms with Gasteiger partial charge >= 0.3 is 5.97 Å². The van der Waals surface area contributed by atoms with Gasteiger partial charge in [-0.15, -0.1) is 0 Å². The van der Waals surface area contributed by atoms with Gasteiger partial charge in [-0.1, -0.05) is 67.4 Å². The fourth-order valence-corrected chi connectivity index (χ4v) is 5.40. The molecule has 2 bridgehead atoms. The van der Waals surface area contributed by atoms with E-state index in [1.165, 1.54) is 0 Å². The van der Waals surface area contributed by atoms with Gasteiger partial charge in [0.25, 0.3) is 0 Å². The first-order chi connectivity index (χ1) is 14.6. The van der Waals surface area contributed by atoms with Crippen LogP contribution in [-0.4, -0.2) is 17.6 Å². The van der Waals surface area contributed by atoms with Crippen molar-refractivity contribution in [1.82, 2.24) is 0 Å². The highest BCUT2D eigenvalue weighted by Crippen LogP contribution is 2.71. The third kappa shape index (κ3) is 3.26. The van der Waals surface area contributed by atoms with Crippen LogP contribution in [0.25, 0.3) is 0 Å². The van der Waals surface area contributed by atoms with Crippen molar-refractivity contribution in [3.63, 3.8) is 0 Å². The number of nitrogens with zero attached hydrogens (tertiary/aromatic N) is 1. The summed E-state index contributed by atoms with van der Waals surface area (Å²) < 4.78 is 0. The second-order valence-electron chi connectivity index (χ2n) is 9.43. The number of hydrogen-bond donors (Lipinski definition) is 1. The van der Waals surface area contributed by atoms with E-state index in [0.717, 1.165) is 29.8 Å². The average Bonchev–Trinajstić information content (AvgIpc) is 3.04. The number of fused-ring (bicyclic) bond motifs is 2. The van der Waals surface area contributed by atoms with Crippen LogP contribution in [0.15, 0.2) is 53.7 Å². The minimum absolute atomic E-state index is 0.00675. The van der Waals surface area contributed by atoms with E-state index in [2.05, 4.69) is 31.2 Å². The van der Waals surface area contributed by atoms with Gasteiger partial charge in [0.2, 0.25) is 5.91 Å². The third-order valence-electron chi connectivity index (χ3n) is 7.81. The molecule has 162 valence electrons. The Balaban J connectivity index is 1.59. The van der Waals surface area contributed by atoms with Crippen molar-refractivity contribution >= 4 is 34.9 Å². The number of anilines is 1. The van der Waals surface area contributed by atoms with Crippen molar-refractivity contribution in [1.29, 1.82) is 0 Å². The average molecular weight is 439 g/mol. The molecule has 2 aromatic carbocycles. The highest BCUT2D eigenvalue weighted by atomic mass is 35.5. The molecule has 0 aromatic heterocycles. The molecule has 0 saturated heterocycles. The quantitative estimate of drug-likeness (QED) is 0.469. The van der Waals surface area contributed by atoms with E-state index in [0.29, 0.717) is 11.4 Å². The highest BCUT2D eigenvalue weighted by molar-refractivity contribution is 6.33. The second kappa shape index (κ2) is 7.49. The fraction of sp³-hybridized carbons (Fsp3) is 0.400. The van der Waals surface area contributed by atoms with Crippen molar-refractivity contribution in [2.45, 2.75) is 47.0 Å². The van der Waals surface area contributed by atoms with E-state index >= 15 is 0 Å². The summed E-state index contributed by atoms with van der Waals surface area (Å²) in [5.41, 5.74) is 1.66. The number of aryl methyl sites for hydroxylation is 1. The number of halogens is 1. The van der Waals surface area contributed by atoms with Gasteiger partial charge in [-0.2, -0.15) is 0 Å². The molecule has 0 heterocycles. The van der Waals surface area contributed by atoms with Crippen LogP contribution in [0.3, 0.4) is 0 Å². The molecule has 1 N–H and O–H groups in total. The van der Waals surface area contributed by atoms with Gasteiger partial charge in [-0.25, -0.2) is 4.79 Å². The Morgan fingerprint density at radius 1 is 1.03 bits per heavy atom. The SMILES string of the molecule is Cc1ccc(NC(=O)C23CCC(C)(C(=NOC(=O)c4ccccc4Cl)C2)C3(C)C)cc1. The summed E-state index contributed by atoms with van der Waals surface area (Å²) in [6.45, 7) is 8.36. The smallest absolute Gasteiger partial charge is 0.326 e. The molecule has 2 atom stereocenters. The van der Waals surface area contributed by atoms with Gasteiger partial charge in [0, 0.05) is 17.5 Å². The molecule has 2 aromatic rings. The van der Waals surface area contributed by atoms with Crippen molar-refractivity contribution in [2.24, 2.45) is 21.4 Å². The van der Waals surface area contributed by atoms with Crippen LogP contribution in [0.1, 0.15) is 56.0 Å². The van der Waals surface area contributed by atoms with Crippen LogP contribution < -0.4 is 5.32 Å². The Morgan fingerprint density at radius 2 is 1.71 bits per heavy atom. The first-order valence-electron chi connectivity index (χ1n) is 10.5. The van der Waals surface area contributed by atoms with E-state index in [1.54, 1.807) is 24.3 Å². The zero-order valence-electron chi connectivity index (χ0n) is 18.3. The van der Waals surface area contributed by atoms with E-state index < -0.39 is 11.4 Å². The topological polar surface area (TPSA) is 67.8 Å². The molecule has 5 nitrogen and oxygen atoms in total. The maximum absolute atomic E-state index is 13.5. The van der Waals surface area contributed by atoms with Crippen LogP contribution in [0.2, 0.25) is 5.02 Å². The predicted molar refractivity (Wildman–Crippen MR) is 122 cm³/mol. The molecule has 2 aliphatic carbocycles. The van der Waals surface area contributed by atoms with Crippen LogP contribution in [0, 0.1) is 23.2 Å². The number of nitrogens with one attached hydrogen (secondary N) is 1. The molecule has 0 radical (unpaired) electrons. The molecule has 2 fully saturated rings. The van der Waals surface area contributed by atoms with Crippen molar-refractivity contribution in [3.05, 3.63) is 64.7 Å². The lowest BCUT2D eigenvalue weighted by Gasteiger charge is -2.39. The summed E-state index contributed by atoms with van der Waals surface area (Å²) in [5, 5.41) is 7.69. The zero-order valence-corrected chi connectivity index (χ0v) is 19.0. The highest BCUT2D eigenvalue weighted by Gasteiger charge is 2.71. The second-order valence-corrected chi connectivity index (χ2v) is 9.84. The van der Waals surface area contributed by atoms with Gasteiger partial charge in [-0.3, -0.25) is 4.79 Å². The molecule has 0 aliphatic heterocycles. The fourth-order valence-electron chi connectivity index (χ4n) is 5.18. The Labute approximate surface area is 187 Å². The summed E-state index contributed by atoms with van der Waals surface area (Å²) in [4.78, 5) is 31.3. The third-order valence-corrected chi connectivity index (χ3v) is 8.14. The van der Waals surface area contributed by atoms with Crippen LogP contribution in [0.5, 0.6) is 0 Å². The van der Waals surface area contributed by atoms with E-state index in [4.69, 9.17) is 16.4 Å². The maximum atomic E-state index is 13.5. The van der Waals surface area contributed by atoms with Crippen molar-refractivity contribution < 1.29 is 14.4 Å². The summed E-state index contributed by atoms with van der Waals surface area (Å²) in [7, 11) is 0. The largest absolute Gasteiger partial charge is 0.367 e. The molecule has 2 aliphatic rings. The van der Waals surface area contributed by atoms with Gasteiger partial charge in [-0.05, 0) is 49.4 Å². The molecule has 2 unspecified atom stereocenters. The van der Waals surface area contributed by atoms with E-state index in [9.17, 15) is 9.59 Å². The molecule has 4 rings (SSSR count). The number of amides is 1. The minimum atomic E-state index is -0.609. The number of rotatable bonds is 4. The molecule has 1 amide bonds. The number of carbonyl (C=O) groups excluding carboxylic acids is 2. The first kappa shape index (κ1) is 21.6. The molecular formula is C25H27ClN2O3. The number of benzene rings is 2. The van der Waals surface area contributed by atoms with Gasteiger partial charge < -0.3 is 10.2 Å². The van der Waals surface area contributed by atoms with Gasteiger partial charge in [0.05, 0.1) is 21.7 Å². The molecular weight excluding hydrogens is 412 g/mol. The van der Waals surface area contributed by atoms with Crippen LogP contribution >= 0.6 is 11.6 Å². The maximum Gasteiger partial charge on any atom is 0.367 e. The lowest BCUT2D eigenvalue weighted by Crippen LogP contribution is -2.43. The number of carbonyl (C=O) groups is 2. The minimum Gasteiger partial charge on any atom is -0.326 e. The van der Waals surface area contributed by atoms with Crippen molar-refractivity contribution in [3.8, 4) is 0 Å². The monoisotopic (exact) mass is 438 g/mol. The number of oxime groups is 1. The summed E-state index contributed by atoms with van der Waals surface area (Å²) in [6.07, 6.45) is 2.04. The Bertz CT molecular complexity index is 1080. The Hall–Kier alpha value is -2.66. The van der Waals surface area contributed by atoms with Crippen molar-refractivity contribution in [2.75, 3.05) is 5.32 Å². The lowest BCUT2D eigenvalue weighted by atomic mass is 9.64.